The predicted octanol–water partition coefficient (Wildman–Crippen LogP) is 4.36. The molecule has 0 N–H and O–H groups in total. The number of carbonyl (C=O) groups is 1. The van der Waals surface area contributed by atoms with Crippen molar-refractivity contribution in [3.63, 3.8) is 0 Å². The van der Waals surface area contributed by atoms with Crippen LogP contribution in [0.4, 0.5) is 0 Å². The molecule has 0 saturated heterocycles. The molecule has 0 aliphatic carbocycles. The van der Waals surface area contributed by atoms with Gasteiger partial charge in [-0.1, -0.05) is 36.4 Å². The summed E-state index contributed by atoms with van der Waals surface area (Å²) >= 11 is 1.44. The fraction of sp³-hybridized carbons (Fsp3) is 0.118. The Morgan fingerprint density at radius 3 is 2.48 bits per heavy atom. The van der Waals surface area contributed by atoms with Gasteiger partial charge in [-0.3, -0.25) is 0 Å². The Kier molecular flexibility index (Phi) is 3.62. The van der Waals surface area contributed by atoms with Gasteiger partial charge in [-0.2, -0.15) is 0 Å². The summed E-state index contributed by atoms with van der Waals surface area (Å²) in [5.74, 6) is 0.420. The van der Waals surface area contributed by atoms with E-state index in [2.05, 4.69) is 0 Å². The van der Waals surface area contributed by atoms with Crippen LogP contribution < -0.4 is 4.74 Å². The summed E-state index contributed by atoms with van der Waals surface area (Å²) in [5.41, 5.74) is 1.78. The van der Waals surface area contributed by atoms with Crippen molar-refractivity contribution in [2.75, 3.05) is 14.2 Å². The van der Waals surface area contributed by atoms with Crippen LogP contribution in [-0.4, -0.2) is 20.2 Å². The zero-order valence-corrected chi connectivity index (χ0v) is 12.6. The molecule has 3 rings (SSSR count). The molecule has 0 spiro atoms. The molecule has 21 heavy (non-hydrogen) atoms. The Balaban J connectivity index is 2.36. The predicted molar refractivity (Wildman–Crippen MR) is 85.2 cm³/mol. The van der Waals surface area contributed by atoms with Crippen LogP contribution in [-0.2, 0) is 4.74 Å². The zero-order valence-electron chi connectivity index (χ0n) is 11.8. The summed E-state index contributed by atoms with van der Waals surface area (Å²) in [5, 5.41) is 1.03. The number of fused-ring (bicyclic) bond motifs is 1. The normalized spacial score (nSPS) is 10.6. The largest absolute Gasteiger partial charge is 0.496 e. The van der Waals surface area contributed by atoms with E-state index in [1.54, 1.807) is 7.11 Å². The first kappa shape index (κ1) is 13.6. The van der Waals surface area contributed by atoms with E-state index in [-0.39, 0.29) is 5.97 Å². The molecular formula is C17H14O3S. The average molecular weight is 298 g/mol. The smallest absolute Gasteiger partial charge is 0.348 e. The number of carbonyl (C=O) groups excluding carboxylic acids is 1. The number of hydrogen-bond donors (Lipinski definition) is 0. The lowest BCUT2D eigenvalue weighted by Crippen LogP contribution is -2.00. The van der Waals surface area contributed by atoms with Crippen LogP contribution in [0.15, 0.2) is 48.5 Å². The second kappa shape index (κ2) is 5.58. The molecule has 0 saturated carbocycles. The van der Waals surface area contributed by atoms with Crippen molar-refractivity contribution in [3.8, 4) is 16.9 Å². The molecule has 0 amide bonds. The molecule has 0 bridgehead atoms. The average Bonchev–Trinajstić information content (AvgIpc) is 2.93. The van der Waals surface area contributed by atoms with Crippen molar-refractivity contribution in [2.24, 2.45) is 0 Å². The summed E-state index contributed by atoms with van der Waals surface area (Å²) < 4.78 is 11.4. The lowest BCUT2D eigenvalue weighted by molar-refractivity contribution is 0.0607. The SMILES string of the molecule is COC(=O)c1sc2ccccc2c1-c1ccccc1OC. The van der Waals surface area contributed by atoms with Gasteiger partial charge in [-0.25, -0.2) is 4.79 Å². The second-order valence-electron chi connectivity index (χ2n) is 4.49. The van der Waals surface area contributed by atoms with Crippen molar-refractivity contribution in [2.45, 2.75) is 0 Å². The van der Waals surface area contributed by atoms with E-state index < -0.39 is 0 Å². The van der Waals surface area contributed by atoms with Gasteiger partial charge in [-0.05, 0) is 12.1 Å². The van der Waals surface area contributed by atoms with E-state index in [0.29, 0.717) is 4.88 Å². The van der Waals surface area contributed by atoms with E-state index in [1.807, 2.05) is 48.5 Å². The molecule has 0 radical (unpaired) electrons. The Morgan fingerprint density at radius 2 is 1.71 bits per heavy atom. The minimum Gasteiger partial charge on any atom is -0.496 e. The van der Waals surface area contributed by atoms with Crippen molar-refractivity contribution < 1.29 is 14.3 Å². The summed E-state index contributed by atoms with van der Waals surface area (Å²) in [6.45, 7) is 0. The lowest BCUT2D eigenvalue weighted by Gasteiger charge is -2.09. The molecule has 0 aliphatic rings. The van der Waals surface area contributed by atoms with Crippen LogP contribution >= 0.6 is 11.3 Å². The number of methoxy groups -OCH3 is 2. The first-order valence-corrected chi connectivity index (χ1v) is 7.31. The second-order valence-corrected chi connectivity index (χ2v) is 5.55. The third-order valence-corrected chi connectivity index (χ3v) is 4.49. The molecule has 106 valence electrons. The minimum atomic E-state index is -0.322. The molecule has 3 nitrogen and oxygen atoms in total. The van der Waals surface area contributed by atoms with Gasteiger partial charge >= 0.3 is 5.97 Å². The monoisotopic (exact) mass is 298 g/mol. The minimum absolute atomic E-state index is 0.322. The van der Waals surface area contributed by atoms with E-state index in [0.717, 1.165) is 27.0 Å². The molecule has 1 heterocycles. The highest BCUT2D eigenvalue weighted by molar-refractivity contribution is 7.21. The van der Waals surface area contributed by atoms with Gasteiger partial charge in [-0.15, -0.1) is 11.3 Å². The van der Waals surface area contributed by atoms with Crippen LogP contribution in [0.2, 0.25) is 0 Å². The number of rotatable bonds is 3. The van der Waals surface area contributed by atoms with Crippen LogP contribution in [0.5, 0.6) is 5.75 Å². The molecule has 4 heteroatoms. The molecule has 3 aromatic rings. The Hall–Kier alpha value is -2.33. The number of esters is 1. The Morgan fingerprint density at radius 1 is 1.00 bits per heavy atom. The van der Waals surface area contributed by atoms with Crippen LogP contribution in [0, 0.1) is 0 Å². The fourth-order valence-corrected chi connectivity index (χ4v) is 3.54. The van der Waals surface area contributed by atoms with Gasteiger partial charge in [0.05, 0.1) is 14.2 Å². The number of para-hydroxylation sites is 1. The van der Waals surface area contributed by atoms with Gasteiger partial charge in [0.15, 0.2) is 0 Å². The first-order chi connectivity index (χ1) is 10.3. The van der Waals surface area contributed by atoms with Gasteiger partial charge in [0.1, 0.15) is 10.6 Å². The maximum absolute atomic E-state index is 12.1. The summed E-state index contributed by atoms with van der Waals surface area (Å²) in [7, 11) is 3.03. The fourth-order valence-electron chi connectivity index (χ4n) is 2.40. The first-order valence-electron chi connectivity index (χ1n) is 6.49. The zero-order chi connectivity index (χ0) is 14.8. The topological polar surface area (TPSA) is 35.5 Å². The highest BCUT2D eigenvalue weighted by Gasteiger charge is 2.22. The van der Waals surface area contributed by atoms with E-state index in [4.69, 9.17) is 9.47 Å². The van der Waals surface area contributed by atoms with Crippen LogP contribution in [0.25, 0.3) is 21.2 Å². The third kappa shape index (κ3) is 2.28. The van der Waals surface area contributed by atoms with Crippen LogP contribution in [0.3, 0.4) is 0 Å². The number of thiophene rings is 1. The van der Waals surface area contributed by atoms with Gasteiger partial charge in [0.2, 0.25) is 0 Å². The molecule has 2 aromatic carbocycles. The molecule has 1 aromatic heterocycles. The quantitative estimate of drug-likeness (QED) is 0.674. The maximum Gasteiger partial charge on any atom is 0.348 e. The van der Waals surface area contributed by atoms with Crippen molar-refractivity contribution in [1.29, 1.82) is 0 Å². The van der Waals surface area contributed by atoms with Crippen molar-refractivity contribution in [3.05, 3.63) is 53.4 Å². The molecule has 0 fully saturated rings. The summed E-state index contributed by atoms with van der Waals surface area (Å²) in [6.07, 6.45) is 0. The lowest BCUT2D eigenvalue weighted by atomic mass is 10.0. The van der Waals surface area contributed by atoms with Crippen molar-refractivity contribution >= 4 is 27.4 Å². The van der Waals surface area contributed by atoms with Gasteiger partial charge in [0.25, 0.3) is 0 Å². The summed E-state index contributed by atoms with van der Waals surface area (Å²) in [6, 6.07) is 15.6. The number of benzene rings is 2. The maximum atomic E-state index is 12.1. The number of ether oxygens (including phenoxy) is 2. The molecular weight excluding hydrogens is 284 g/mol. The Bertz CT molecular complexity index is 805. The van der Waals surface area contributed by atoms with Crippen LogP contribution in [0.1, 0.15) is 9.67 Å². The third-order valence-electron chi connectivity index (χ3n) is 3.34. The van der Waals surface area contributed by atoms with Crippen molar-refractivity contribution in [1.82, 2.24) is 0 Å². The highest BCUT2D eigenvalue weighted by atomic mass is 32.1. The van der Waals surface area contributed by atoms with E-state index in [9.17, 15) is 4.79 Å². The Labute approximate surface area is 126 Å². The molecule has 0 aliphatic heterocycles. The summed E-state index contributed by atoms with van der Waals surface area (Å²) in [4.78, 5) is 12.7. The van der Waals surface area contributed by atoms with Gasteiger partial charge < -0.3 is 9.47 Å². The standard InChI is InChI=1S/C17H14O3S/c1-19-13-9-5-3-7-11(13)15-12-8-4-6-10-14(12)21-16(15)17(18)20-2/h3-10H,1-2H3. The van der Waals surface area contributed by atoms with E-state index >= 15 is 0 Å². The number of hydrogen-bond acceptors (Lipinski definition) is 4. The highest BCUT2D eigenvalue weighted by Crippen LogP contribution is 2.42. The van der Waals surface area contributed by atoms with E-state index in [1.165, 1.54) is 18.4 Å². The molecule has 0 atom stereocenters. The molecule has 0 unspecified atom stereocenters. The van der Waals surface area contributed by atoms with Gasteiger partial charge in [0, 0.05) is 21.2 Å².